The molecule has 0 aliphatic heterocycles. The molecule has 1 heterocycles. The van der Waals surface area contributed by atoms with Gasteiger partial charge in [0.1, 0.15) is 5.75 Å². The summed E-state index contributed by atoms with van der Waals surface area (Å²) in [5.41, 5.74) is 2.88. The zero-order chi connectivity index (χ0) is 15.6. The van der Waals surface area contributed by atoms with Crippen molar-refractivity contribution in [2.24, 2.45) is 0 Å². The smallest absolute Gasteiger partial charge is 0.258 e. The van der Waals surface area contributed by atoms with E-state index in [2.05, 4.69) is 10.4 Å². The average Bonchev–Trinajstić information content (AvgIpc) is 2.90. The zero-order valence-electron chi connectivity index (χ0n) is 12.8. The maximum atomic E-state index is 12.2. The average molecular weight is 287 g/mol. The van der Waals surface area contributed by atoms with Crippen LogP contribution in [0.2, 0.25) is 0 Å². The summed E-state index contributed by atoms with van der Waals surface area (Å²) in [5, 5.41) is 16.9. The number of phenols is 1. The van der Waals surface area contributed by atoms with Crippen LogP contribution in [0.1, 0.15) is 48.2 Å². The highest BCUT2D eigenvalue weighted by atomic mass is 16.3. The van der Waals surface area contributed by atoms with Crippen molar-refractivity contribution >= 4 is 11.6 Å². The fourth-order valence-corrected chi connectivity index (χ4v) is 2.15. The maximum Gasteiger partial charge on any atom is 0.258 e. The number of benzene rings is 1. The van der Waals surface area contributed by atoms with Crippen LogP contribution in [0.3, 0.4) is 0 Å². The van der Waals surface area contributed by atoms with Gasteiger partial charge in [-0.15, -0.1) is 0 Å². The van der Waals surface area contributed by atoms with Gasteiger partial charge < -0.3 is 10.4 Å². The van der Waals surface area contributed by atoms with Crippen molar-refractivity contribution in [1.29, 1.82) is 0 Å². The third kappa shape index (κ3) is 3.24. The van der Waals surface area contributed by atoms with E-state index in [1.165, 1.54) is 0 Å². The van der Waals surface area contributed by atoms with Gasteiger partial charge in [0.05, 0.1) is 11.8 Å². The van der Waals surface area contributed by atoms with Crippen LogP contribution in [0.25, 0.3) is 0 Å². The molecule has 0 aliphatic rings. The molecule has 0 saturated carbocycles. The third-order valence-corrected chi connectivity index (χ3v) is 3.46. The van der Waals surface area contributed by atoms with Crippen molar-refractivity contribution in [3.05, 3.63) is 41.2 Å². The van der Waals surface area contributed by atoms with E-state index in [-0.39, 0.29) is 17.6 Å². The van der Waals surface area contributed by atoms with Gasteiger partial charge in [0.15, 0.2) is 0 Å². The highest BCUT2D eigenvalue weighted by Crippen LogP contribution is 2.31. The highest BCUT2D eigenvalue weighted by Gasteiger charge is 2.14. The van der Waals surface area contributed by atoms with E-state index < -0.39 is 0 Å². The lowest BCUT2D eigenvalue weighted by molar-refractivity contribution is 0.102. The lowest BCUT2D eigenvalue weighted by Crippen LogP contribution is -2.12. The number of aryl methyl sites for hydroxylation is 2. The SMILES string of the molecule is CCn1cc(C(=O)Nc2cc(C(C)C)c(O)cc2C)cn1. The van der Waals surface area contributed by atoms with Crippen molar-refractivity contribution in [2.75, 3.05) is 5.32 Å². The van der Waals surface area contributed by atoms with Crippen LogP contribution >= 0.6 is 0 Å². The van der Waals surface area contributed by atoms with Crippen molar-refractivity contribution in [1.82, 2.24) is 9.78 Å². The summed E-state index contributed by atoms with van der Waals surface area (Å²) in [6.45, 7) is 8.55. The fraction of sp³-hybridized carbons (Fsp3) is 0.375. The summed E-state index contributed by atoms with van der Waals surface area (Å²) in [6, 6.07) is 3.51. The number of amides is 1. The Bertz CT molecular complexity index is 660. The Morgan fingerprint density at radius 1 is 1.43 bits per heavy atom. The first-order valence-corrected chi connectivity index (χ1v) is 7.09. The number of nitrogens with one attached hydrogen (secondary N) is 1. The van der Waals surface area contributed by atoms with Crippen molar-refractivity contribution in [2.45, 2.75) is 40.2 Å². The molecule has 0 bridgehead atoms. The zero-order valence-corrected chi connectivity index (χ0v) is 12.8. The normalized spacial score (nSPS) is 10.9. The molecule has 0 radical (unpaired) electrons. The van der Waals surface area contributed by atoms with Crippen LogP contribution in [0, 0.1) is 6.92 Å². The van der Waals surface area contributed by atoms with Crippen LogP contribution in [0.4, 0.5) is 5.69 Å². The summed E-state index contributed by atoms with van der Waals surface area (Å²) in [5.74, 6) is 0.251. The number of hydrogen-bond acceptors (Lipinski definition) is 3. The molecule has 1 aromatic carbocycles. The molecule has 0 aliphatic carbocycles. The molecule has 1 aromatic heterocycles. The minimum absolute atomic E-state index is 0.184. The molecular formula is C16H21N3O2. The van der Waals surface area contributed by atoms with E-state index in [0.29, 0.717) is 11.3 Å². The van der Waals surface area contributed by atoms with Crippen LogP contribution in [-0.4, -0.2) is 20.8 Å². The van der Waals surface area contributed by atoms with Crippen LogP contribution in [0.15, 0.2) is 24.5 Å². The van der Waals surface area contributed by atoms with Gasteiger partial charge in [0.2, 0.25) is 0 Å². The van der Waals surface area contributed by atoms with Crippen LogP contribution in [0.5, 0.6) is 5.75 Å². The van der Waals surface area contributed by atoms with E-state index in [1.54, 1.807) is 23.1 Å². The Labute approximate surface area is 124 Å². The number of nitrogens with zero attached hydrogens (tertiary/aromatic N) is 2. The number of rotatable bonds is 4. The van der Waals surface area contributed by atoms with Gasteiger partial charge in [-0.1, -0.05) is 13.8 Å². The molecule has 2 N–H and O–H groups in total. The molecule has 5 nitrogen and oxygen atoms in total. The Kier molecular flexibility index (Phi) is 4.31. The van der Waals surface area contributed by atoms with Gasteiger partial charge in [-0.2, -0.15) is 5.10 Å². The second kappa shape index (κ2) is 5.99. The maximum absolute atomic E-state index is 12.2. The molecular weight excluding hydrogens is 266 g/mol. The second-order valence-electron chi connectivity index (χ2n) is 5.42. The van der Waals surface area contributed by atoms with Gasteiger partial charge in [0.25, 0.3) is 5.91 Å². The Morgan fingerprint density at radius 2 is 2.14 bits per heavy atom. The topological polar surface area (TPSA) is 67.2 Å². The van der Waals surface area contributed by atoms with E-state index in [9.17, 15) is 9.90 Å². The number of phenolic OH excluding ortho intramolecular Hbond substituents is 1. The van der Waals surface area contributed by atoms with E-state index in [4.69, 9.17) is 0 Å². The number of carbonyl (C=O) groups is 1. The quantitative estimate of drug-likeness (QED) is 0.848. The fourth-order valence-electron chi connectivity index (χ4n) is 2.15. The number of hydrogen-bond donors (Lipinski definition) is 2. The molecule has 0 spiro atoms. The third-order valence-electron chi connectivity index (χ3n) is 3.46. The Hall–Kier alpha value is -2.30. The molecule has 21 heavy (non-hydrogen) atoms. The molecule has 1 amide bonds. The van der Waals surface area contributed by atoms with Crippen LogP contribution < -0.4 is 5.32 Å². The van der Waals surface area contributed by atoms with E-state index in [0.717, 1.165) is 17.7 Å². The second-order valence-corrected chi connectivity index (χ2v) is 5.42. The van der Waals surface area contributed by atoms with E-state index in [1.807, 2.05) is 33.8 Å². The summed E-state index contributed by atoms with van der Waals surface area (Å²) < 4.78 is 1.71. The molecule has 5 heteroatoms. The molecule has 112 valence electrons. The van der Waals surface area contributed by atoms with Crippen molar-refractivity contribution in [3.8, 4) is 5.75 Å². The number of carbonyl (C=O) groups excluding carboxylic acids is 1. The molecule has 0 unspecified atom stereocenters. The van der Waals surface area contributed by atoms with Crippen LogP contribution in [-0.2, 0) is 6.54 Å². The number of aromatic nitrogens is 2. The summed E-state index contributed by atoms with van der Waals surface area (Å²) in [7, 11) is 0. The molecule has 2 aromatic rings. The minimum atomic E-state index is -0.196. The van der Waals surface area contributed by atoms with Gasteiger partial charge in [-0.05, 0) is 43.0 Å². The first kappa shape index (κ1) is 15.1. The summed E-state index contributed by atoms with van der Waals surface area (Å²) >= 11 is 0. The largest absolute Gasteiger partial charge is 0.508 e. The van der Waals surface area contributed by atoms with Gasteiger partial charge in [-0.3, -0.25) is 9.48 Å². The molecule has 2 rings (SSSR count). The first-order valence-electron chi connectivity index (χ1n) is 7.09. The monoisotopic (exact) mass is 287 g/mol. The summed E-state index contributed by atoms with van der Waals surface area (Å²) in [6.07, 6.45) is 3.27. The predicted molar refractivity (Wildman–Crippen MR) is 82.8 cm³/mol. The van der Waals surface area contributed by atoms with Crippen molar-refractivity contribution < 1.29 is 9.90 Å². The molecule has 0 fully saturated rings. The number of anilines is 1. The minimum Gasteiger partial charge on any atom is -0.508 e. The number of aromatic hydroxyl groups is 1. The lowest BCUT2D eigenvalue weighted by Gasteiger charge is -2.14. The standard InChI is InChI=1S/C16H21N3O2/c1-5-19-9-12(8-17-19)16(21)18-14-7-13(10(2)3)15(20)6-11(14)4/h6-10,20H,5H2,1-4H3,(H,18,21). The van der Waals surface area contributed by atoms with E-state index >= 15 is 0 Å². The summed E-state index contributed by atoms with van der Waals surface area (Å²) in [4.78, 5) is 12.2. The van der Waals surface area contributed by atoms with Gasteiger partial charge in [0, 0.05) is 18.4 Å². The molecule has 0 saturated heterocycles. The van der Waals surface area contributed by atoms with Gasteiger partial charge >= 0.3 is 0 Å². The Balaban J connectivity index is 2.26. The first-order chi connectivity index (χ1) is 9.92. The lowest BCUT2D eigenvalue weighted by atomic mass is 9.99. The highest BCUT2D eigenvalue weighted by molar-refractivity contribution is 6.04. The predicted octanol–water partition coefficient (Wildman–Crippen LogP) is 3.29. The Morgan fingerprint density at radius 3 is 2.71 bits per heavy atom. The van der Waals surface area contributed by atoms with Gasteiger partial charge in [-0.25, -0.2) is 0 Å². The molecule has 0 atom stereocenters. The van der Waals surface area contributed by atoms with Crippen molar-refractivity contribution in [3.63, 3.8) is 0 Å².